The summed E-state index contributed by atoms with van der Waals surface area (Å²) in [4.78, 5) is 16.3. The van der Waals surface area contributed by atoms with Crippen LogP contribution in [-0.2, 0) is 11.2 Å². The summed E-state index contributed by atoms with van der Waals surface area (Å²) in [7, 11) is 0. The van der Waals surface area contributed by atoms with E-state index in [0.717, 1.165) is 11.1 Å². The van der Waals surface area contributed by atoms with Gasteiger partial charge in [0, 0.05) is 16.5 Å². The molecule has 3 rings (SSSR count). The van der Waals surface area contributed by atoms with Crippen LogP contribution < -0.4 is 5.32 Å². The van der Waals surface area contributed by atoms with Crippen molar-refractivity contribution in [1.29, 1.82) is 0 Å². The molecule has 0 unspecified atom stereocenters. The third-order valence-corrected chi connectivity index (χ3v) is 3.82. The molecule has 1 aliphatic heterocycles. The topological polar surface area (TPSA) is 41.5 Å². The molecular formula is C17H12Cl2N2O. The Bertz CT molecular complexity index is 780. The Morgan fingerprint density at radius 2 is 1.77 bits per heavy atom. The van der Waals surface area contributed by atoms with Crippen LogP contribution in [0.1, 0.15) is 11.1 Å². The van der Waals surface area contributed by atoms with Gasteiger partial charge in [-0.3, -0.25) is 4.79 Å². The van der Waals surface area contributed by atoms with E-state index >= 15 is 0 Å². The van der Waals surface area contributed by atoms with Crippen molar-refractivity contribution in [3.8, 4) is 0 Å². The molecule has 0 spiro atoms. The maximum absolute atomic E-state index is 12.0. The number of nitrogens with zero attached hydrogens (tertiary/aromatic N) is 1. The Balaban J connectivity index is 1.82. The first-order valence-electron chi connectivity index (χ1n) is 6.71. The standard InChI is InChI=1S/C17H12Cl2N2O/c18-13-7-5-11(6-8-13)9-16-20-15(17(22)21-16)10-12-3-1-2-4-14(12)19/h1-8,10H,9H2,(H,20,21,22)/b15-10-. The van der Waals surface area contributed by atoms with Gasteiger partial charge in [-0.05, 0) is 35.4 Å². The van der Waals surface area contributed by atoms with Crippen LogP contribution in [0, 0.1) is 0 Å². The molecule has 0 aromatic heterocycles. The fourth-order valence-corrected chi connectivity index (χ4v) is 2.45. The Morgan fingerprint density at radius 3 is 2.50 bits per heavy atom. The van der Waals surface area contributed by atoms with Crippen LogP contribution in [0.3, 0.4) is 0 Å². The summed E-state index contributed by atoms with van der Waals surface area (Å²) in [6, 6.07) is 14.8. The largest absolute Gasteiger partial charge is 0.308 e. The smallest absolute Gasteiger partial charge is 0.275 e. The molecule has 2 aromatic carbocycles. The van der Waals surface area contributed by atoms with Crippen LogP contribution in [0.4, 0.5) is 0 Å². The molecule has 22 heavy (non-hydrogen) atoms. The Morgan fingerprint density at radius 1 is 1.05 bits per heavy atom. The predicted molar refractivity (Wildman–Crippen MR) is 90.2 cm³/mol. The first-order valence-corrected chi connectivity index (χ1v) is 7.47. The van der Waals surface area contributed by atoms with E-state index in [-0.39, 0.29) is 5.91 Å². The van der Waals surface area contributed by atoms with Crippen molar-refractivity contribution >= 4 is 41.0 Å². The van der Waals surface area contributed by atoms with E-state index in [1.807, 2.05) is 42.5 Å². The molecule has 2 aromatic rings. The fraction of sp³-hybridized carbons (Fsp3) is 0.0588. The number of rotatable bonds is 3. The van der Waals surface area contributed by atoms with E-state index in [1.54, 1.807) is 12.1 Å². The molecule has 0 saturated carbocycles. The van der Waals surface area contributed by atoms with Gasteiger partial charge in [0.05, 0.1) is 0 Å². The monoisotopic (exact) mass is 330 g/mol. The third-order valence-electron chi connectivity index (χ3n) is 3.23. The predicted octanol–water partition coefficient (Wildman–Crippen LogP) is 4.11. The molecule has 0 aliphatic carbocycles. The van der Waals surface area contributed by atoms with Gasteiger partial charge in [0.25, 0.3) is 5.91 Å². The number of carbonyl (C=O) groups is 1. The minimum atomic E-state index is -0.219. The molecule has 1 amide bonds. The number of halogens is 2. The van der Waals surface area contributed by atoms with Crippen LogP contribution in [-0.4, -0.2) is 11.7 Å². The van der Waals surface area contributed by atoms with Gasteiger partial charge < -0.3 is 5.32 Å². The molecule has 0 radical (unpaired) electrons. The number of aliphatic imine (C=N–C) groups is 1. The molecule has 0 saturated heterocycles. The van der Waals surface area contributed by atoms with Crippen LogP contribution in [0.5, 0.6) is 0 Å². The van der Waals surface area contributed by atoms with E-state index in [4.69, 9.17) is 23.2 Å². The summed E-state index contributed by atoms with van der Waals surface area (Å²) in [6.45, 7) is 0. The molecule has 0 fully saturated rings. The highest BCUT2D eigenvalue weighted by atomic mass is 35.5. The van der Waals surface area contributed by atoms with Crippen molar-refractivity contribution in [2.24, 2.45) is 4.99 Å². The van der Waals surface area contributed by atoms with Gasteiger partial charge >= 0.3 is 0 Å². The summed E-state index contributed by atoms with van der Waals surface area (Å²) < 4.78 is 0. The van der Waals surface area contributed by atoms with Crippen molar-refractivity contribution in [2.75, 3.05) is 0 Å². The second-order valence-electron chi connectivity index (χ2n) is 4.87. The lowest BCUT2D eigenvalue weighted by atomic mass is 10.1. The second-order valence-corrected chi connectivity index (χ2v) is 5.71. The summed E-state index contributed by atoms with van der Waals surface area (Å²) in [5.74, 6) is 0.398. The third kappa shape index (κ3) is 3.38. The molecule has 5 heteroatoms. The molecule has 3 nitrogen and oxygen atoms in total. The summed E-state index contributed by atoms with van der Waals surface area (Å²) in [6.07, 6.45) is 2.23. The average Bonchev–Trinajstić information content (AvgIpc) is 2.84. The summed E-state index contributed by atoms with van der Waals surface area (Å²) >= 11 is 12.0. The van der Waals surface area contributed by atoms with E-state index in [1.165, 1.54) is 0 Å². The lowest BCUT2D eigenvalue weighted by Crippen LogP contribution is -2.25. The van der Waals surface area contributed by atoms with Crippen LogP contribution >= 0.6 is 23.2 Å². The molecule has 1 heterocycles. The molecule has 1 aliphatic rings. The average molecular weight is 331 g/mol. The SMILES string of the molecule is O=C1NC(Cc2ccc(Cl)cc2)=N/C1=C\c1ccccc1Cl. The molecule has 1 N–H and O–H groups in total. The molecular weight excluding hydrogens is 319 g/mol. The van der Waals surface area contributed by atoms with Crippen molar-refractivity contribution in [3.63, 3.8) is 0 Å². The van der Waals surface area contributed by atoms with Gasteiger partial charge in [-0.25, -0.2) is 4.99 Å². The fourth-order valence-electron chi connectivity index (χ4n) is 2.14. The van der Waals surface area contributed by atoms with E-state index in [9.17, 15) is 4.79 Å². The number of benzene rings is 2. The lowest BCUT2D eigenvalue weighted by molar-refractivity contribution is -0.115. The minimum Gasteiger partial charge on any atom is -0.308 e. The van der Waals surface area contributed by atoms with Gasteiger partial charge in [-0.15, -0.1) is 0 Å². The highest BCUT2D eigenvalue weighted by Crippen LogP contribution is 2.20. The van der Waals surface area contributed by atoms with Gasteiger partial charge in [-0.1, -0.05) is 53.5 Å². The van der Waals surface area contributed by atoms with Gasteiger partial charge in [0.15, 0.2) is 0 Å². The molecule has 0 atom stereocenters. The van der Waals surface area contributed by atoms with E-state index < -0.39 is 0 Å². The zero-order chi connectivity index (χ0) is 15.5. The number of carbonyl (C=O) groups excluding carboxylic acids is 1. The number of amidine groups is 1. The zero-order valence-corrected chi connectivity index (χ0v) is 13.0. The highest BCUT2D eigenvalue weighted by molar-refractivity contribution is 6.32. The Kier molecular flexibility index (Phi) is 4.27. The van der Waals surface area contributed by atoms with Crippen LogP contribution in [0.2, 0.25) is 10.0 Å². The van der Waals surface area contributed by atoms with Crippen molar-refractivity contribution in [2.45, 2.75) is 6.42 Å². The number of hydrogen-bond acceptors (Lipinski definition) is 2. The second kappa shape index (κ2) is 6.34. The zero-order valence-electron chi connectivity index (χ0n) is 11.5. The van der Waals surface area contributed by atoms with Gasteiger partial charge in [0.2, 0.25) is 0 Å². The first-order chi connectivity index (χ1) is 10.6. The van der Waals surface area contributed by atoms with Crippen LogP contribution in [0.15, 0.2) is 59.2 Å². The maximum atomic E-state index is 12.0. The highest BCUT2D eigenvalue weighted by Gasteiger charge is 2.20. The van der Waals surface area contributed by atoms with Crippen molar-refractivity contribution in [1.82, 2.24) is 5.32 Å². The lowest BCUT2D eigenvalue weighted by Gasteiger charge is -2.00. The van der Waals surface area contributed by atoms with Crippen molar-refractivity contribution < 1.29 is 4.79 Å². The molecule has 110 valence electrons. The van der Waals surface area contributed by atoms with Gasteiger partial charge in [0.1, 0.15) is 11.5 Å². The molecule has 0 bridgehead atoms. The summed E-state index contributed by atoms with van der Waals surface area (Å²) in [5.41, 5.74) is 2.16. The number of amides is 1. The van der Waals surface area contributed by atoms with E-state index in [2.05, 4.69) is 10.3 Å². The van der Waals surface area contributed by atoms with Crippen molar-refractivity contribution in [3.05, 3.63) is 75.4 Å². The Hall–Kier alpha value is -2.10. The quantitative estimate of drug-likeness (QED) is 0.845. The van der Waals surface area contributed by atoms with Gasteiger partial charge in [-0.2, -0.15) is 0 Å². The minimum absolute atomic E-state index is 0.219. The Labute approximate surface area is 138 Å². The maximum Gasteiger partial charge on any atom is 0.275 e. The summed E-state index contributed by atoms with van der Waals surface area (Å²) in [5, 5.41) is 4.04. The normalized spacial score (nSPS) is 15.8. The van der Waals surface area contributed by atoms with E-state index in [0.29, 0.717) is 28.0 Å². The number of nitrogens with one attached hydrogen (secondary N) is 1. The van der Waals surface area contributed by atoms with Crippen LogP contribution in [0.25, 0.3) is 6.08 Å². The number of hydrogen-bond donors (Lipinski definition) is 1. The first kappa shape index (κ1) is 14.8.